The first kappa shape index (κ1) is 6.92. The number of nitrogens with one attached hydrogen (secondary N) is 2. The summed E-state index contributed by atoms with van der Waals surface area (Å²) in [7, 11) is 0. The number of hydrogen-bond donors (Lipinski definition) is 2. The summed E-state index contributed by atoms with van der Waals surface area (Å²) in [4.78, 5) is 0. The van der Waals surface area contributed by atoms with Crippen molar-refractivity contribution in [1.82, 2.24) is 10.6 Å². The van der Waals surface area contributed by atoms with Gasteiger partial charge in [0.05, 0.1) is 0 Å². The Kier molecular flexibility index (Phi) is 1.95. The molecule has 2 aliphatic heterocycles. The molecule has 0 spiro atoms. The van der Waals surface area contributed by atoms with E-state index < -0.39 is 0 Å². The Morgan fingerprint density at radius 1 is 1.09 bits per heavy atom. The number of rotatable bonds is 1. The standard InChI is InChI=1S/C9H14N2/c1-4-10-5-2-8(1)9-3-6-11-7-9/h1,7,10-11H,2-6H2. The Bertz CT molecular complexity index is 204. The van der Waals surface area contributed by atoms with Crippen LogP contribution in [0.5, 0.6) is 0 Å². The largest absolute Gasteiger partial charge is 0.390 e. The zero-order valence-electron chi connectivity index (χ0n) is 6.69. The molecule has 2 aliphatic rings. The fourth-order valence-electron chi connectivity index (χ4n) is 1.64. The van der Waals surface area contributed by atoms with E-state index in [4.69, 9.17) is 0 Å². The van der Waals surface area contributed by atoms with Gasteiger partial charge >= 0.3 is 0 Å². The molecule has 0 bridgehead atoms. The second kappa shape index (κ2) is 3.09. The molecular formula is C9H14N2. The van der Waals surface area contributed by atoms with Gasteiger partial charge in [-0.05, 0) is 36.7 Å². The molecule has 2 nitrogen and oxygen atoms in total. The summed E-state index contributed by atoms with van der Waals surface area (Å²) >= 11 is 0. The molecule has 2 rings (SSSR count). The Balaban J connectivity index is 2.07. The van der Waals surface area contributed by atoms with Crippen LogP contribution in [0.1, 0.15) is 12.8 Å². The molecule has 0 unspecified atom stereocenters. The van der Waals surface area contributed by atoms with Crippen LogP contribution in [0, 0.1) is 0 Å². The lowest BCUT2D eigenvalue weighted by Crippen LogP contribution is -2.20. The Hall–Kier alpha value is -0.760. The Morgan fingerprint density at radius 3 is 2.64 bits per heavy atom. The Labute approximate surface area is 67.4 Å². The van der Waals surface area contributed by atoms with E-state index >= 15 is 0 Å². The van der Waals surface area contributed by atoms with Crippen LogP contribution in [-0.2, 0) is 0 Å². The maximum atomic E-state index is 3.31. The molecule has 2 heteroatoms. The highest BCUT2D eigenvalue weighted by atomic mass is 14.9. The fraction of sp³-hybridized carbons (Fsp3) is 0.556. The van der Waals surface area contributed by atoms with E-state index in [1.54, 1.807) is 5.57 Å². The maximum Gasteiger partial charge on any atom is 0.0182 e. The fourth-order valence-corrected chi connectivity index (χ4v) is 1.64. The predicted octanol–water partition coefficient (Wildman–Crippen LogP) is 0.783. The van der Waals surface area contributed by atoms with Gasteiger partial charge in [0.1, 0.15) is 0 Å². The van der Waals surface area contributed by atoms with E-state index in [1.807, 2.05) is 0 Å². The summed E-state index contributed by atoms with van der Waals surface area (Å²) in [6, 6.07) is 0. The van der Waals surface area contributed by atoms with Crippen LogP contribution in [0.4, 0.5) is 0 Å². The molecule has 2 N–H and O–H groups in total. The first-order valence-electron chi connectivity index (χ1n) is 4.29. The summed E-state index contributed by atoms with van der Waals surface area (Å²) in [6.45, 7) is 3.32. The highest BCUT2D eigenvalue weighted by Gasteiger charge is 2.10. The zero-order chi connectivity index (χ0) is 7.52. The minimum absolute atomic E-state index is 1.05. The van der Waals surface area contributed by atoms with Gasteiger partial charge in [0, 0.05) is 13.1 Å². The lowest BCUT2D eigenvalue weighted by Gasteiger charge is -2.13. The van der Waals surface area contributed by atoms with Crippen molar-refractivity contribution in [3.8, 4) is 0 Å². The average molecular weight is 150 g/mol. The molecule has 0 amide bonds. The van der Waals surface area contributed by atoms with Gasteiger partial charge in [-0.1, -0.05) is 6.08 Å². The summed E-state index contributed by atoms with van der Waals surface area (Å²) in [5.41, 5.74) is 3.07. The van der Waals surface area contributed by atoms with Gasteiger partial charge in [-0.3, -0.25) is 0 Å². The molecule has 0 atom stereocenters. The molecule has 2 heterocycles. The molecule has 0 saturated carbocycles. The maximum absolute atomic E-state index is 3.31. The van der Waals surface area contributed by atoms with E-state index in [0.29, 0.717) is 0 Å². The van der Waals surface area contributed by atoms with Crippen molar-refractivity contribution in [1.29, 1.82) is 0 Å². The van der Waals surface area contributed by atoms with E-state index in [2.05, 4.69) is 22.9 Å². The molecule has 0 aromatic rings. The van der Waals surface area contributed by atoms with Gasteiger partial charge in [0.15, 0.2) is 0 Å². The topological polar surface area (TPSA) is 24.1 Å². The van der Waals surface area contributed by atoms with Crippen molar-refractivity contribution in [2.75, 3.05) is 19.6 Å². The Morgan fingerprint density at radius 2 is 2.00 bits per heavy atom. The molecule has 11 heavy (non-hydrogen) atoms. The third kappa shape index (κ3) is 1.46. The van der Waals surface area contributed by atoms with Crippen molar-refractivity contribution in [3.05, 3.63) is 23.4 Å². The van der Waals surface area contributed by atoms with Crippen LogP contribution in [0.25, 0.3) is 0 Å². The van der Waals surface area contributed by atoms with Crippen LogP contribution < -0.4 is 10.6 Å². The van der Waals surface area contributed by atoms with Crippen LogP contribution >= 0.6 is 0 Å². The summed E-state index contributed by atoms with van der Waals surface area (Å²) in [5, 5.41) is 6.56. The predicted molar refractivity (Wildman–Crippen MR) is 46.3 cm³/mol. The van der Waals surface area contributed by atoms with Gasteiger partial charge in [0.25, 0.3) is 0 Å². The van der Waals surface area contributed by atoms with E-state index in [0.717, 1.165) is 19.6 Å². The van der Waals surface area contributed by atoms with Gasteiger partial charge < -0.3 is 10.6 Å². The van der Waals surface area contributed by atoms with Crippen LogP contribution in [-0.4, -0.2) is 19.6 Å². The van der Waals surface area contributed by atoms with E-state index in [9.17, 15) is 0 Å². The van der Waals surface area contributed by atoms with Crippen LogP contribution in [0.15, 0.2) is 23.4 Å². The zero-order valence-corrected chi connectivity index (χ0v) is 6.69. The minimum Gasteiger partial charge on any atom is -0.390 e. The van der Waals surface area contributed by atoms with Gasteiger partial charge in [-0.2, -0.15) is 0 Å². The third-order valence-electron chi connectivity index (χ3n) is 2.29. The highest BCUT2D eigenvalue weighted by Crippen LogP contribution is 2.20. The van der Waals surface area contributed by atoms with Gasteiger partial charge in [0.2, 0.25) is 0 Å². The lowest BCUT2D eigenvalue weighted by molar-refractivity contribution is 0.704. The third-order valence-corrected chi connectivity index (χ3v) is 2.29. The SMILES string of the molecule is C1=C(C2=CCNCC2)CCN1. The second-order valence-corrected chi connectivity index (χ2v) is 3.06. The van der Waals surface area contributed by atoms with Crippen molar-refractivity contribution in [3.63, 3.8) is 0 Å². The summed E-state index contributed by atoms with van der Waals surface area (Å²) < 4.78 is 0. The molecule has 0 saturated heterocycles. The van der Waals surface area contributed by atoms with Crippen molar-refractivity contribution in [2.45, 2.75) is 12.8 Å². The molecule has 0 fully saturated rings. The van der Waals surface area contributed by atoms with Crippen LogP contribution in [0.2, 0.25) is 0 Å². The molecule has 0 aromatic heterocycles. The van der Waals surface area contributed by atoms with E-state index in [1.165, 1.54) is 18.4 Å². The molecule has 0 radical (unpaired) electrons. The summed E-state index contributed by atoms with van der Waals surface area (Å²) in [6.07, 6.45) is 6.89. The lowest BCUT2D eigenvalue weighted by atomic mass is 10.00. The molecule has 60 valence electrons. The van der Waals surface area contributed by atoms with Crippen LogP contribution in [0.3, 0.4) is 0 Å². The van der Waals surface area contributed by atoms with Crippen molar-refractivity contribution >= 4 is 0 Å². The highest BCUT2D eigenvalue weighted by molar-refractivity contribution is 5.34. The molecule has 0 aliphatic carbocycles. The number of hydrogen-bond acceptors (Lipinski definition) is 2. The minimum atomic E-state index is 1.05. The van der Waals surface area contributed by atoms with E-state index in [-0.39, 0.29) is 0 Å². The molecular weight excluding hydrogens is 136 g/mol. The average Bonchev–Trinajstić information content (AvgIpc) is 2.58. The smallest absolute Gasteiger partial charge is 0.0182 e. The first-order chi connectivity index (χ1) is 5.47. The normalized spacial score (nSPS) is 24.0. The van der Waals surface area contributed by atoms with Crippen molar-refractivity contribution in [2.24, 2.45) is 0 Å². The van der Waals surface area contributed by atoms with Gasteiger partial charge in [-0.25, -0.2) is 0 Å². The monoisotopic (exact) mass is 150 g/mol. The molecule has 0 aromatic carbocycles. The second-order valence-electron chi connectivity index (χ2n) is 3.06. The summed E-state index contributed by atoms with van der Waals surface area (Å²) in [5.74, 6) is 0. The van der Waals surface area contributed by atoms with Gasteiger partial charge in [-0.15, -0.1) is 0 Å². The van der Waals surface area contributed by atoms with Crippen molar-refractivity contribution < 1.29 is 0 Å². The quantitative estimate of drug-likeness (QED) is 0.577. The first-order valence-corrected chi connectivity index (χ1v) is 4.29.